The van der Waals surface area contributed by atoms with Gasteiger partial charge in [-0.05, 0) is 39.3 Å². The molecule has 2 aromatic rings. The lowest BCUT2D eigenvalue weighted by atomic mass is 10.3. The molecular formula is C13H20N6O6S2. The molecule has 0 fully saturated rings. The number of nitrogens with one attached hydrogen (secondary N) is 2. The molecular weight excluding hydrogens is 400 g/mol. The molecule has 1 aromatic carbocycles. The van der Waals surface area contributed by atoms with Gasteiger partial charge in [0.05, 0.1) is 10.6 Å². The van der Waals surface area contributed by atoms with Crippen LogP contribution in [0.15, 0.2) is 34.3 Å². The Balaban J connectivity index is 0.000000828. The van der Waals surface area contributed by atoms with Crippen LogP contribution in [0.2, 0.25) is 0 Å². The van der Waals surface area contributed by atoms with Crippen molar-refractivity contribution >= 4 is 37.8 Å². The molecule has 0 saturated carbocycles. The standard InChI is InChI=1S/C10H11N5O6S2.C3H9N/c1-11-9-12-5-13-10(15-9)14-7-4-6(22(16,17)18)2-3-8(7)23(19,20)21;1-4(2)3/h2-5H,1H3,(H,16,17,18)(H,19,20,21)(H2,11,12,13,14,15);1-3H3. The molecule has 0 amide bonds. The first-order valence-corrected chi connectivity index (χ1v) is 10.1. The summed E-state index contributed by atoms with van der Waals surface area (Å²) in [6, 6.07) is 2.47. The van der Waals surface area contributed by atoms with Crippen LogP contribution >= 0.6 is 0 Å². The molecule has 0 unspecified atom stereocenters. The van der Waals surface area contributed by atoms with Crippen LogP contribution in [0.25, 0.3) is 0 Å². The van der Waals surface area contributed by atoms with Crippen LogP contribution < -0.4 is 10.6 Å². The number of nitrogens with zero attached hydrogens (tertiary/aromatic N) is 4. The summed E-state index contributed by atoms with van der Waals surface area (Å²) in [5, 5.41) is 5.08. The summed E-state index contributed by atoms with van der Waals surface area (Å²) in [4.78, 5) is 12.2. The van der Waals surface area contributed by atoms with E-state index in [-0.39, 0.29) is 17.6 Å². The van der Waals surface area contributed by atoms with Crippen molar-refractivity contribution in [3.63, 3.8) is 0 Å². The molecule has 27 heavy (non-hydrogen) atoms. The minimum atomic E-state index is -4.66. The van der Waals surface area contributed by atoms with E-state index in [0.29, 0.717) is 0 Å². The maximum atomic E-state index is 11.4. The summed E-state index contributed by atoms with van der Waals surface area (Å²) in [7, 11) is -1.69. The molecule has 0 bridgehead atoms. The van der Waals surface area contributed by atoms with Gasteiger partial charge in [-0.15, -0.1) is 0 Å². The third kappa shape index (κ3) is 7.40. The summed E-state index contributed by atoms with van der Waals surface area (Å²) >= 11 is 0. The summed E-state index contributed by atoms with van der Waals surface area (Å²) in [6.45, 7) is 0. The van der Waals surface area contributed by atoms with E-state index in [0.717, 1.165) is 24.5 Å². The Bertz CT molecular complexity index is 991. The Morgan fingerprint density at radius 1 is 0.963 bits per heavy atom. The lowest BCUT2D eigenvalue weighted by Crippen LogP contribution is -2.08. The highest BCUT2D eigenvalue weighted by atomic mass is 32.2. The zero-order chi connectivity index (χ0) is 20.8. The Kier molecular flexibility index (Phi) is 7.55. The minimum absolute atomic E-state index is 0.110. The minimum Gasteiger partial charge on any atom is -0.357 e. The predicted molar refractivity (Wildman–Crippen MR) is 98.3 cm³/mol. The summed E-state index contributed by atoms with van der Waals surface area (Å²) in [5.74, 6) is 0.0589. The predicted octanol–water partition coefficient (Wildman–Crippen LogP) is 0.328. The number of benzene rings is 1. The summed E-state index contributed by atoms with van der Waals surface area (Å²) in [5.41, 5.74) is -0.337. The van der Waals surface area contributed by atoms with Crippen LogP contribution in [0.3, 0.4) is 0 Å². The number of hydrogen-bond acceptors (Lipinski definition) is 10. The van der Waals surface area contributed by atoms with E-state index in [1.807, 2.05) is 26.0 Å². The molecule has 150 valence electrons. The Morgan fingerprint density at radius 3 is 2.00 bits per heavy atom. The molecule has 0 spiro atoms. The van der Waals surface area contributed by atoms with Crippen molar-refractivity contribution in [3.05, 3.63) is 24.5 Å². The van der Waals surface area contributed by atoms with Gasteiger partial charge < -0.3 is 15.5 Å². The van der Waals surface area contributed by atoms with E-state index >= 15 is 0 Å². The lowest BCUT2D eigenvalue weighted by molar-refractivity contribution is 0.479. The first-order chi connectivity index (χ1) is 12.3. The molecule has 0 atom stereocenters. The molecule has 0 aliphatic heterocycles. The van der Waals surface area contributed by atoms with E-state index in [4.69, 9.17) is 4.55 Å². The van der Waals surface area contributed by atoms with Gasteiger partial charge >= 0.3 is 0 Å². The maximum Gasteiger partial charge on any atom is 0.296 e. The maximum absolute atomic E-state index is 11.4. The van der Waals surface area contributed by atoms with E-state index in [2.05, 4.69) is 25.6 Å². The smallest absolute Gasteiger partial charge is 0.296 e. The van der Waals surface area contributed by atoms with Crippen molar-refractivity contribution < 1.29 is 25.9 Å². The number of hydrogen-bond donors (Lipinski definition) is 4. The van der Waals surface area contributed by atoms with Crippen LogP contribution in [0.5, 0.6) is 0 Å². The van der Waals surface area contributed by atoms with Crippen LogP contribution in [0.4, 0.5) is 17.6 Å². The first kappa shape index (κ1) is 22.7. The molecule has 12 nitrogen and oxygen atoms in total. The van der Waals surface area contributed by atoms with Gasteiger partial charge in [-0.1, -0.05) is 0 Å². The van der Waals surface area contributed by atoms with Crippen molar-refractivity contribution in [1.29, 1.82) is 0 Å². The van der Waals surface area contributed by atoms with Gasteiger partial charge in [0.1, 0.15) is 11.2 Å². The Hall–Kier alpha value is -2.39. The fourth-order valence-electron chi connectivity index (χ4n) is 1.59. The zero-order valence-electron chi connectivity index (χ0n) is 14.9. The highest BCUT2D eigenvalue weighted by molar-refractivity contribution is 7.86. The van der Waals surface area contributed by atoms with Gasteiger partial charge in [-0.25, -0.2) is 9.97 Å². The molecule has 0 saturated heterocycles. The Labute approximate surface area is 157 Å². The summed E-state index contributed by atoms with van der Waals surface area (Å²) in [6.07, 6.45) is 1.13. The van der Waals surface area contributed by atoms with Gasteiger partial charge in [0.15, 0.2) is 0 Å². The SMILES string of the molecule is CN(C)C.CNc1ncnc(Nc2cc(S(=O)(=O)O)ccc2S(=O)(=O)O)n1. The van der Waals surface area contributed by atoms with Crippen molar-refractivity contribution in [1.82, 2.24) is 19.9 Å². The van der Waals surface area contributed by atoms with Crippen molar-refractivity contribution in [2.75, 3.05) is 38.8 Å². The second-order valence-electron chi connectivity index (χ2n) is 5.46. The van der Waals surface area contributed by atoms with Crippen LogP contribution in [0, 0.1) is 0 Å². The number of rotatable bonds is 5. The molecule has 1 aromatic heterocycles. The monoisotopic (exact) mass is 420 g/mol. The molecule has 4 N–H and O–H groups in total. The average Bonchev–Trinajstić information content (AvgIpc) is 2.52. The summed E-state index contributed by atoms with van der Waals surface area (Å²) < 4.78 is 63.3. The number of anilines is 3. The topological polar surface area (TPSA) is 175 Å². The Morgan fingerprint density at radius 2 is 1.52 bits per heavy atom. The van der Waals surface area contributed by atoms with E-state index in [1.54, 1.807) is 7.05 Å². The van der Waals surface area contributed by atoms with Gasteiger partial charge in [-0.3, -0.25) is 9.11 Å². The van der Waals surface area contributed by atoms with Crippen molar-refractivity contribution in [2.24, 2.45) is 0 Å². The molecule has 14 heteroatoms. The largest absolute Gasteiger partial charge is 0.357 e. The van der Waals surface area contributed by atoms with E-state index in [1.165, 1.54) is 0 Å². The van der Waals surface area contributed by atoms with Crippen molar-refractivity contribution in [2.45, 2.75) is 9.79 Å². The molecule has 1 heterocycles. The van der Waals surface area contributed by atoms with Gasteiger partial charge in [-0.2, -0.15) is 21.8 Å². The highest BCUT2D eigenvalue weighted by Crippen LogP contribution is 2.26. The average molecular weight is 420 g/mol. The molecule has 2 rings (SSSR count). The lowest BCUT2D eigenvalue weighted by Gasteiger charge is -2.10. The van der Waals surface area contributed by atoms with Crippen LogP contribution in [-0.2, 0) is 20.2 Å². The molecule has 0 aliphatic rings. The third-order valence-corrected chi connectivity index (χ3v) is 4.33. The third-order valence-electron chi connectivity index (χ3n) is 2.57. The molecule has 0 aliphatic carbocycles. The van der Waals surface area contributed by atoms with E-state index < -0.39 is 30.0 Å². The highest BCUT2D eigenvalue weighted by Gasteiger charge is 2.20. The second-order valence-corrected chi connectivity index (χ2v) is 8.27. The molecule has 0 radical (unpaired) electrons. The fraction of sp³-hybridized carbons (Fsp3) is 0.308. The zero-order valence-corrected chi connectivity index (χ0v) is 16.6. The van der Waals surface area contributed by atoms with Crippen molar-refractivity contribution in [3.8, 4) is 0 Å². The van der Waals surface area contributed by atoms with Crippen LogP contribution in [-0.4, -0.2) is 74.0 Å². The number of aromatic nitrogens is 3. The normalized spacial score (nSPS) is 11.5. The van der Waals surface area contributed by atoms with Gasteiger partial charge in [0.25, 0.3) is 20.2 Å². The fourth-order valence-corrected chi connectivity index (χ4v) is 2.72. The van der Waals surface area contributed by atoms with E-state index in [9.17, 15) is 21.4 Å². The first-order valence-electron chi connectivity index (χ1n) is 7.18. The van der Waals surface area contributed by atoms with Gasteiger partial charge in [0, 0.05) is 7.05 Å². The van der Waals surface area contributed by atoms with Crippen LogP contribution in [0.1, 0.15) is 0 Å². The second kappa shape index (κ2) is 9.01. The quantitative estimate of drug-likeness (QED) is 0.488. The van der Waals surface area contributed by atoms with Gasteiger partial charge in [0.2, 0.25) is 11.9 Å².